The van der Waals surface area contributed by atoms with Crippen molar-refractivity contribution in [1.82, 2.24) is 4.72 Å². The summed E-state index contributed by atoms with van der Waals surface area (Å²) >= 11 is 0. The van der Waals surface area contributed by atoms with Crippen LogP contribution in [0, 0.1) is 6.92 Å². The molecule has 88 valence electrons. The van der Waals surface area contributed by atoms with Gasteiger partial charge >= 0.3 is 10.2 Å². The summed E-state index contributed by atoms with van der Waals surface area (Å²) in [5.74, 6) is 0. The van der Waals surface area contributed by atoms with Gasteiger partial charge in [0.05, 0.1) is 18.3 Å². The Kier molecular flexibility index (Phi) is 2.88. The maximum Gasteiger partial charge on any atom is 0.301 e. The molecule has 1 aromatic carbocycles. The standard InChI is InChI=1S/C10H15N3O2S/c1-8-4-2-3-5-10(8)13-7-9(6-11)12-16(13,14)15/h2-5,9,12H,6-7,11H2,1H3. The summed E-state index contributed by atoms with van der Waals surface area (Å²) in [6, 6.07) is 7.20. The molecule has 1 atom stereocenters. The maximum absolute atomic E-state index is 11.8. The molecular formula is C10H15N3O2S. The first-order valence-electron chi connectivity index (χ1n) is 5.10. The number of hydrogen-bond donors (Lipinski definition) is 2. The molecule has 0 aliphatic carbocycles. The molecule has 1 aromatic rings. The Balaban J connectivity index is 2.39. The van der Waals surface area contributed by atoms with Gasteiger partial charge in [0.1, 0.15) is 0 Å². The maximum atomic E-state index is 11.8. The normalized spacial score (nSPS) is 23.6. The van der Waals surface area contributed by atoms with Gasteiger partial charge in [-0.15, -0.1) is 0 Å². The minimum absolute atomic E-state index is 0.204. The lowest BCUT2D eigenvalue weighted by Gasteiger charge is -2.18. The van der Waals surface area contributed by atoms with Crippen molar-refractivity contribution in [2.75, 3.05) is 17.4 Å². The number of hydrogen-bond acceptors (Lipinski definition) is 3. The van der Waals surface area contributed by atoms with Crippen LogP contribution in [0.25, 0.3) is 0 Å². The van der Waals surface area contributed by atoms with Crippen LogP contribution in [-0.4, -0.2) is 27.5 Å². The van der Waals surface area contributed by atoms with Crippen molar-refractivity contribution in [3.63, 3.8) is 0 Å². The molecule has 0 radical (unpaired) electrons. The van der Waals surface area contributed by atoms with E-state index in [-0.39, 0.29) is 6.04 Å². The number of rotatable bonds is 2. The molecule has 1 fully saturated rings. The fourth-order valence-corrected chi connectivity index (χ4v) is 3.36. The van der Waals surface area contributed by atoms with Crippen molar-refractivity contribution >= 4 is 15.9 Å². The van der Waals surface area contributed by atoms with Crippen molar-refractivity contribution < 1.29 is 8.42 Å². The first-order valence-corrected chi connectivity index (χ1v) is 6.54. The first-order chi connectivity index (χ1) is 7.54. The number of aryl methyl sites for hydroxylation is 1. The smallest absolute Gasteiger partial charge is 0.301 e. The number of nitrogens with one attached hydrogen (secondary N) is 1. The van der Waals surface area contributed by atoms with Crippen molar-refractivity contribution in [2.45, 2.75) is 13.0 Å². The largest absolute Gasteiger partial charge is 0.329 e. The highest BCUT2D eigenvalue weighted by Crippen LogP contribution is 2.24. The highest BCUT2D eigenvalue weighted by atomic mass is 32.2. The van der Waals surface area contributed by atoms with Gasteiger partial charge in [-0.2, -0.15) is 13.1 Å². The van der Waals surface area contributed by atoms with Gasteiger partial charge in [-0.1, -0.05) is 18.2 Å². The van der Waals surface area contributed by atoms with E-state index in [4.69, 9.17) is 5.73 Å². The molecule has 0 spiro atoms. The SMILES string of the molecule is Cc1ccccc1N1CC(CN)NS1(=O)=O. The van der Waals surface area contributed by atoms with E-state index in [0.29, 0.717) is 18.8 Å². The highest BCUT2D eigenvalue weighted by molar-refractivity contribution is 7.91. The summed E-state index contributed by atoms with van der Waals surface area (Å²) in [5.41, 5.74) is 7.13. The van der Waals surface area contributed by atoms with E-state index in [2.05, 4.69) is 4.72 Å². The van der Waals surface area contributed by atoms with E-state index in [1.165, 1.54) is 4.31 Å². The lowest BCUT2D eigenvalue weighted by molar-refractivity contribution is 0.583. The molecule has 2 rings (SSSR count). The molecule has 0 bridgehead atoms. The molecule has 5 nitrogen and oxygen atoms in total. The molecule has 1 aliphatic rings. The summed E-state index contributed by atoms with van der Waals surface area (Å²) in [7, 11) is -3.42. The van der Waals surface area contributed by atoms with Crippen LogP contribution in [0.4, 0.5) is 5.69 Å². The second-order valence-electron chi connectivity index (χ2n) is 3.87. The van der Waals surface area contributed by atoms with Gasteiger partial charge in [0, 0.05) is 6.54 Å². The zero-order valence-corrected chi connectivity index (χ0v) is 9.87. The van der Waals surface area contributed by atoms with Crippen LogP contribution in [0.2, 0.25) is 0 Å². The van der Waals surface area contributed by atoms with Crippen molar-refractivity contribution in [3.8, 4) is 0 Å². The second-order valence-corrected chi connectivity index (χ2v) is 5.50. The van der Waals surface area contributed by atoms with Crippen molar-refractivity contribution in [1.29, 1.82) is 0 Å². The van der Waals surface area contributed by atoms with Crippen LogP contribution in [-0.2, 0) is 10.2 Å². The van der Waals surface area contributed by atoms with Gasteiger partial charge in [0.2, 0.25) is 0 Å². The molecule has 1 heterocycles. The summed E-state index contributed by atoms with van der Waals surface area (Å²) in [4.78, 5) is 0. The molecule has 0 aromatic heterocycles. The van der Waals surface area contributed by atoms with Gasteiger partial charge in [-0.05, 0) is 18.6 Å². The topological polar surface area (TPSA) is 75.4 Å². The predicted octanol–water partition coefficient (Wildman–Crippen LogP) is -0.0233. The number of para-hydroxylation sites is 1. The highest BCUT2D eigenvalue weighted by Gasteiger charge is 2.35. The molecule has 3 N–H and O–H groups in total. The average Bonchev–Trinajstić information content (AvgIpc) is 2.54. The Labute approximate surface area is 95.4 Å². The average molecular weight is 241 g/mol. The number of anilines is 1. The number of nitrogens with zero attached hydrogens (tertiary/aromatic N) is 1. The summed E-state index contributed by atoms with van der Waals surface area (Å²) < 4.78 is 27.6. The van der Waals surface area contributed by atoms with E-state index >= 15 is 0 Å². The molecule has 1 saturated heterocycles. The van der Waals surface area contributed by atoms with E-state index in [1.807, 2.05) is 25.1 Å². The third kappa shape index (κ3) is 1.91. The zero-order valence-electron chi connectivity index (χ0n) is 9.05. The molecule has 0 saturated carbocycles. The molecule has 1 aliphatic heterocycles. The van der Waals surface area contributed by atoms with E-state index < -0.39 is 10.2 Å². The molecule has 0 amide bonds. The quantitative estimate of drug-likeness (QED) is 0.764. The minimum Gasteiger partial charge on any atom is -0.329 e. The minimum atomic E-state index is -3.42. The fraction of sp³-hybridized carbons (Fsp3) is 0.400. The van der Waals surface area contributed by atoms with Gasteiger partial charge in [-0.25, -0.2) is 0 Å². The van der Waals surface area contributed by atoms with E-state index in [0.717, 1.165) is 5.56 Å². The predicted molar refractivity (Wildman–Crippen MR) is 63.4 cm³/mol. The Morgan fingerprint density at radius 3 is 2.75 bits per heavy atom. The Morgan fingerprint density at radius 1 is 1.50 bits per heavy atom. The fourth-order valence-electron chi connectivity index (χ4n) is 1.80. The second kappa shape index (κ2) is 4.04. The Morgan fingerprint density at radius 2 is 2.19 bits per heavy atom. The van der Waals surface area contributed by atoms with Crippen LogP contribution in [0.1, 0.15) is 5.56 Å². The first kappa shape index (κ1) is 11.4. The summed E-state index contributed by atoms with van der Waals surface area (Å²) in [6.07, 6.45) is 0. The molecule has 6 heteroatoms. The van der Waals surface area contributed by atoms with Crippen LogP contribution in [0.3, 0.4) is 0 Å². The summed E-state index contributed by atoms with van der Waals surface area (Å²) in [6.45, 7) is 2.59. The number of nitrogens with two attached hydrogens (primary N) is 1. The Bertz CT molecular complexity index is 487. The molecular weight excluding hydrogens is 226 g/mol. The van der Waals surface area contributed by atoms with Crippen LogP contribution in [0.5, 0.6) is 0 Å². The Hall–Kier alpha value is -1.11. The van der Waals surface area contributed by atoms with Gasteiger partial charge < -0.3 is 5.73 Å². The van der Waals surface area contributed by atoms with Gasteiger partial charge in [-0.3, -0.25) is 4.31 Å². The lowest BCUT2D eigenvalue weighted by Crippen LogP contribution is -2.34. The van der Waals surface area contributed by atoms with Gasteiger partial charge in [0.25, 0.3) is 0 Å². The van der Waals surface area contributed by atoms with Crippen molar-refractivity contribution in [3.05, 3.63) is 29.8 Å². The van der Waals surface area contributed by atoms with E-state index in [1.54, 1.807) is 6.07 Å². The number of benzene rings is 1. The molecule has 16 heavy (non-hydrogen) atoms. The third-order valence-electron chi connectivity index (χ3n) is 2.66. The van der Waals surface area contributed by atoms with Crippen LogP contribution >= 0.6 is 0 Å². The van der Waals surface area contributed by atoms with Gasteiger partial charge in [0.15, 0.2) is 0 Å². The monoisotopic (exact) mass is 241 g/mol. The third-order valence-corrected chi connectivity index (χ3v) is 4.22. The lowest BCUT2D eigenvalue weighted by atomic mass is 10.2. The van der Waals surface area contributed by atoms with Crippen LogP contribution < -0.4 is 14.8 Å². The van der Waals surface area contributed by atoms with E-state index in [9.17, 15) is 8.42 Å². The zero-order chi connectivity index (χ0) is 11.8. The van der Waals surface area contributed by atoms with Crippen molar-refractivity contribution in [2.24, 2.45) is 5.73 Å². The van der Waals surface area contributed by atoms with Crippen LogP contribution in [0.15, 0.2) is 24.3 Å². The molecule has 1 unspecified atom stereocenters. The summed E-state index contributed by atoms with van der Waals surface area (Å²) in [5, 5.41) is 0.